The molecular formula is C18H23NO4. The van der Waals surface area contributed by atoms with Crippen molar-refractivity contribution >= 4 is 11.9 Å². The highest BCUT2D eigenvalue weighted by Gasteiger charge is 2.51. The molecule has 3 rings (SSSR count). The maximum Gasteiger partial charge on any atom is 0.338 e. The van der Waals surface area contributed by atoms with E-state index in [1.807, 2.05) is 0 Å². The van der Waals surface area contributed by atoms with Gasteiger partial charge in [0.05, 0.1) is 14.9 Å². The molecule has 0 spiro atoms. The summed E-state index contributed by atoms with van der Waals surface area (Å²) in [6.07, 6.45) is -0.315. The molecule has 5 nitrogen and oxygen atoms in total. The second-order valence-electron chi connectivity index (χ2n) is 5.80. The molecule has 0 aromatic heterocycles. The second-order valence-corrected chi connectivity index (χ2v) is 5.80. The zero-order valence-corrected chi connectivity index (χ0v) is 12.4. The summed E-state index contributed by atoms with van der Waals surface area (Å²) in [7, 11) is 0. The first-order valence-corrected chi connectivity index (χ1v) is 7.50. The highest BCUT2D eigenvalue weighted by atomic mass is 16.6. The van der Waals surface area contributed by atoms with Gasteiger partial charge in [0.1, 0.15) is 12.0 Å². The fourth-order valence-electron chi connectivity index (χ4n) is 3.49. The van der Waals surface area contributed by atoms with Gasteiger partial charge in [-0.3, -0.25) is 9.69 Å². The summed E-state index contributed by atoms with van der Waals surface area (Å²) in [4.78, 5) is 26.7. The standard InChI is InChI=1S/C18H23NO4/c1-3-22-18(21)16-14-10-9-13(19(14)2)11-15(16)23-17(20)12-7-5-4-6-8-12/h4-8,13-16H,3,9-11H2,1-2H3/t13-,14+,15-,16+/m0/s1/i1D3,2D3,3D2. The maximum absolute atomic E-state index is 12.9. The van der Waals surface area contributed by atoms with E-state index in [-0.39, 0.29) is 12.0 Å². The van der Waals surface area contributed by atoms with Gasteiger partial charge in [0.15, 0.2) is 0 Å². The number of carbonyl (C=O) groups excluding carboxylic acids is 2. The number of esters is 2. The Balaban J connectivity index is 1.90. The van der Waals surface area contributed by atoms with E-state index in [0.717, 1.165) is 0 Å². The molecule has 0 N–H and O–H groups in total. The highest BCUT2D eigenvalue weighted by molar-refractivity contribution is 5.89. The number of hydrogen-bond acceptors (Lipinski definition) is 5. The lowest BCUT2D eigenvalue weighted by Crippen LogP contribution is -2.53. The fraction of sp³-hybridized carbons (Fsp3) is 0.556. The molecule has 0 amide bonds. The summed E-state index contributed by atoms with van der Waals surface area (Å²) < 4.78 is 70.7. The van der Waals surface area contributed by atoms with Gasteiger partial charge < -0.3 is 9.47 Å². The first-order chi connectivity index (χ1) is 14.2. The monoisotopic (exact) mass is 325 g/mol. The van der Waals surface area contributed by atoms with Crippen LogP contribution in [0.4, 0.5) is 0 Å². The van der Waals surface area contributed by atoms with Gasteiger partial charge in [0.2, 0.25) is 0 Å². The van der Waals surface area contributed by atoms with Crippen molar-refractivity contribution in [1.29, 1.82) is 0 Å². The van der Waals surface area contributed by atoms with E-state index < -0.39 is 56.4 Å². The maximum atomic E-state index is 12.9. The van der Waals surface area contributed by atoms with E-state index in [9.17, 15) is 9.59 Å². The lowest BCUT2D eigenvalue weighted by molar-refractivity contribution is -0.158. The molecule has 5 heteroatoms. The van der Waals surface area contributed by atoms with E-state index in [4.69, 9.17) is 20.4 Å². The molecule has 0 unspecified atom stereocenters. The van der Waals surface area contributed by atoms with E-state index >= 15 is 0 Å². The number of nitrogens with zero attached hydrogens (tertiary/aromatic N) is 1. The SMILES string of the molecule is [2H]C([2H])([2H])N1[C@H]2CC[C@@H]1[C@@H](C(=O)OC([2H])([2H])C([2H])([2H])[2H])[C@@H](OC(=O)c1ccccc1)C2. The van der Waals surface area contributed by atoms with E-state index in [1.165, 1.54) is 17.0 Å². The molecular weight excluding hydrogens is 294 g/mol. The van der Waals surface area contributed by atoms with Crippen LogP contribution in [-0.4, -0.2) is 48.6 Å². The van der Waals surface area contributed by atoms with Gasteiger partial charge in [-0.25, -0.2) is 4.79 Å². The molecule has 2 fully saturated rings. The van der Waals surface area contributed by atoms with Crippen LogP contribution in [0.5, 0.6) is 0 Å². The van der Waals surface area contributed by atoms with Crippen LogP contribution in [-0.2, 0) is 14.3 Å². The number of rotatable bonds is 4. The van der Waals surface area contributed by atoms with Crippen LogP contribution in [0.3, 0.4) is 0 Å². The third-order valence-corrected chi connectivity index (χ3v) is 4.56. The molecule has 4 atom stereocenters. The smallest absolute Gasteiger partial charge is 0.338 e. The summed E-state index contributed by atoms with van der Waals surface area (Å²) in [5.41, 5.74) is 0.234. The van der Waals surface area contributed by atoms with Crippen LogP contribution >= 0.6 is 0 Å². The van der Waals surface area contributed by atoms with Crippen molar-refractivity contribution in [2.75, 3.05) is 13.5 Å². The summed E-state index contributed by atoms with van der Waals surface area (Å²) in [6, 6.07) is 6.66. The van der Waals surface area contributed by atoms with Gasteiger partial charge >= 0.3 is 11.9 Å². The average molecular weight is 325 g/mol. The van der Waals surface area contributed by atoms with Crippen molar-refractivity contribution in [2.45, 2.75) is 44.3 Å². The van der Waals surface area contributed by atoms with Crippen molar-refractivity contribution < 1.29 is 30.0 Å². The number of ether oxygens (including phenoxy) is 2. The first kappa shape index (κ1) is 8.83. The predicted octanol–water partition coefficient (Wildman–Crippen LogP) is 2.26. The molecule has 2 saturated heterocycles. The van der Waals surface area contributed by atoms with E-state index in [0.29, 0.717) is 12.8 Å². The molecule has 1 aromatic rings. The molecule has 1 aromatic carbocycles. The van der Waals surface area contributed by atoms with Gasteiger partial charge in [-0.1, -0.05) is 18.2 Å². The van der Waals surface area contributed by atoms with Crippen LogP contribution in [0.15, 0.2) is 30.3 Å². The van der Waals surface area contributed by atoms with Gasteiger partial charge in [0, 0.05) is 26.7 Å². The molecule has 0 aliphatic carbocycles. The van der Waals surface area contributed by atoms with E-state index in [1.54, 1.807) is 18.2 Å². The molecule has 124 valence electrons. The number of hydrogen-bond donors (Lipinski definition) is 0. The van der Waals surface area contributed by atoms with Crippen LogP contribution in [0.25, 0.3) is 0 Å². The zero-order valence-electron chi connectivity index (χ0n) is 20.4. The predicted molar refractivity (Wildman–Crippen MR) is 85.0 cm³/mol. The lowest BCUT2D eigenvalue weighted by Gasteiger charge is -2.40. The van der Waals surface area contributed by atoms with Gasteiger partial charge in [-0.05, 0) is 38.8 Å². The Morgan fingerprint density at radius 1 is 1.35 bits per heavy atom. The number of benzene rings is 1. The molecule has 2 heterocycles. The number of carbonyl (C=O) groups is 2. The molecule has 0 radical (unpaired) electrons. The zero-order chi connectivity index (χ0) is 23.2. The molecule has 2 aliphatic heterocycles. The quantitative estimate of drug-likeness (QED) is 0.795. The Kier molecular flexibility index (Phi) is 2.57. The number of piperidine rings is 1. The number of fused-ring (bicyclic) bond motifs is 2. The Labute approximate surface area is 147 Å². The van der Waals surface area contributed by atoms with Gasteiger partial charge in [-0.2, -0.15) is 0 Å². The van der Waals surface area contributed by atoms with Crippen molar-refractivity contribution in [3.8, 4) is 0 Å². The van der Waals surface area contributed by atoms with Crippen molar-refractivity contribution in [3.63, 3.8) is 0 Å². The van der Waals surface area contributed by atoms with Gasteiger partial charge in [-0.15, -0.1) is 0 Å². The molecule has 2 bridgehead atoms. The minimum absolute atomic E-state index is 0.0317. The minimum atomic E-state index is -3.28. The lowest BCUT2D eigenvalue weighted by atomic mass is 9.87. The summed E-state index contributed by atoms with van der Waals surface area (Å²) in [5.74, 6) is -3.31. The normalized spacial score (nSPS) is 36.9. The van der Waals surface area contributed by atoms with Crippen molar-refractivity contribution in [2.24, 2.45) is 5.92 Å². The topological polar surface area (TPSA) is 55.8 Å². The third kappa shape index (κ3) is 3.11. The van der Waals surface area contributed by atoms with Crippen LogP contribution in [0.2, 0.25) is 0 Å². The van der Waals surface area contributed by atoms with Crippen LogP contribution in [0.1, 0.15) is 47.4 Å². The van der Waals surface area contributed by atoms with E-state index in [2.05, 4.69) is 0 Å². The largest absolute Gasteiger partial charge is 0.466 e. The van der Waals surface area contributed by atoms with Crippen molar-refractivity contribution in [1.82, 2.24) is 4.90 Å². The second kappa shape index (κ2) is 6.71. The van der Waals surface area contributed by atoms with Crippen molar-refractivity contribution in [3.05, 3.63) is 35.9 Å². The molecule has 23 heavy (non-hydrogen) atoms. The fourth-order valence-corrected chi connectivity index (χ4v) is 3.49. The Morgan fingerprint density at radius 3 is 2.91 bits per heavy atom. The minimum Gasteiger partial charge on any atom is -0.466 e. The Morgan fingerprint density at radius 2 is 2.17 bits per heavy atom. The van der Waals surface area contributed by atoms with Crippen LogP contribution < -0.4 is 0 Å². The van der Waals surface area contributed by atoms with Gasteiger partial charge in [0.25, 0.3) is 0 Å². The Hall–Kier alpha value is -1.88. The Bertz CT molecular complexity index is 826. The first-order valence-electron chi connectivity index (χ1n) is 11.5. The summed E-state index contributed by atoms with van der Waals surface area (Å²) in [5, 5.41) is 0. The summed E-state index contributed by atoms with van der Waals surface area (Å²) in [6.45, 7) is -9.05. The summed E-state index contributed by atoms with van der Waals surface area (Å²) >= 11 is 0. The van der Waals surface area contributed by atoms with Crippen LogP contribution in [0, 0.1) is 5.92 Å². The highest BCUT2D eigenvalue weighted by Crippen LogP contribution is 2.40. The third-order valence-electron chi connectivity index (χ3n) is 4.56. The average Bonchev–Trinajstić information content (AvgIpc) is 2.96. The molecule has 2 aliphatic rings. The molecule has 0 saturated carbocycles.